The number of aliphatic hydroxyl groups is 1. The summed E-state index contributed by atoms with van der Waals surface area (Å²) in [5.41, 5.74) is 0.575. The van der Waals surface area contributed by atoms with Gasteiger partial charge in [-0.15, -0.1) is 0 Å². The van der Waals surface area contributed by atoms with Gasteiger partial charge in [0.05, 0.1) is 19.8 Å². The zero-order chi connectivity index (χ0) is 13.0. The zero-order valence-electron chi connectivity index (χ0n) is 9.64. The number of benzene rings is 1. The van der Waals surface area contributed by atoms with Gasteiger partial charge in [-0.3, -0.25) is 0 Å². The standard InChI is InChI=1S/C12H14F2O4/c13-12(14)18-10-2-1-8(6-15)5-11(10)17-9-3-4-16-7-9/h1-2,5,9,12,15H,3-4,6-7H2. The third-order valence-electron chi connectivity index (χ3n) is 2.59. The topological polar surface area (TPSA) is 47.9 Å². The van der Waals surface area contributed by atoms with Crippen LogP contribution in [0.25, 0.3) is 0 Å². The van der Waals surface area contributed by atoms with E-state index in [0.29, 0.717) is 25.2 Å². The number of ether oxygens (including phenoxy) is 3. The minimum absolute atomic E-state index is 0.0332. The molecular weight excluding hydrogens is 246 g/mol. The molecule has 1 fully saturated rings. The Morgan fingerprint density at radius 2 is 2.22 bits per heavy atom. The minimum Gasteiger partial charge on any atom is -0.484 e. The maximum Gasteiger partial charge on any atom is 0.387 e. The van der Waals surface area contributed by atoms with Crippen molar-refractivity contribution in [3.63, 3.8) is 0 Å². The van der Waals surface area contributed by atoms with Crippen LogP contribution in [0.15, 0.2) is 18.2 Å². The van der Waals surface area contributed by atoms with Crippen molar-refractivity contribution < 1.29 is 28.1 Å². The van der Waals surface area contributed by atoms with Crippen LogP contribution in [0.1, 0.15) is 12.0 Å². The summed E-state index contributed by atoms with van der Waals surface area (Å²) < 4.78 is 39.6. The molecule has 0 amide bonds. The van der Waals surface area contributed by atoms with Crippen LogP contribution in [0.4, 0.5) is 8.78 Å². The second-order valence-corrected chi connectivity index (χ2v) is 3.92. The van der Waals surface area contributed by atoms with Gasteiger partial charge >= 0.3 is 6.61 Å². The van der Waals surface area contributed by atoms with E-state index in [1.165, 1.54) is 18.2 Å². The largest absolute Gasteiger partial charge is 0.484 e. The molecule has 1 heterocycles. The van der Waals surface area contributed by atoms with Crippen LogP contribution >= 0.6 is 0 Å². The van der Waals surface area contributed by atoms with E-state index in [1.54, 1.807) is 0 Å². The Morgan fingerprint density at radius 3 is 2.83 bits per heavy atom. The fourth-order valence-electron chi connectivity index (χ4n) is 1.72. The highest BCUT2D eigenvalue weighted by atomic mass is 19.3. The van der Waals surface area contributed by atoms with Crippen molar-refractivity contribution in [2.45, 2.75) is 25.7 Å². The van der Waals surface area contributed by atoms with Crippen molar-refractivity contribution >= 4 is 0 Å². The molecule has 2 rings (SSSR count). The summed E-state index contributed by atoms with van der Waals surface area (Å²) in [6, 6.07) is 4.37. The molecule has 1 saturated heterocycles. The van der Waals surface area contributed by atoms with Crippen molar-refractivity contribution in [3.8, 4) is 11.5 Å². The van der Waals surface area contributed by atoms with Crippen molar-refractivity contribution in [1.82, 2.24) is 0 Å². The molecule has 6 heteroatoms. The highest BCUT2D eigenvalue weighted by molar-refractivity contribution is 5.43. The van der Waals surface area contributed by atoms with E-state index in [2.05, 4.69) is 4.74 Å². The number of hydrogen-bond donors (Lipinski definition) is 1. The van der Waals surface area contributed by atoms with Crippen LogP contribution in [0.3, 0.4) is 0 Å². The molecule has 0 bridgehead atoms. The maximum absolute atomic E-state index is 12.2. The van der Waals surface area contributed by atoms with Gasteiger partial charge in [0.2, 0.25) is 0 Å². The first-order valence-corrected chi connectivity index (χ1v) is 5.62. The van der Waals surface area contributed by atoms with Crippen LogP contribution < -0.4 is 9.47 Å². The summed E-state index contributed by atoms with van der Waals surface area (Å²) in [7, 11) is 0. The van der Waals surface area contributed by atoms with Gasteiger partial charge in [0.1, 0.15) is 6.10 Å². The molecule has 1 aromatic rings. The van der Waals surface area contributed by atoms with Crippen LogP contribution in [0.2, 0.25) is 0 Å². The summed E-state index contributed by atoms with van der Waals surface area (Å²) in [6.07, 6.45) is 0.538. The monoisotopic (exact) mass is 260 g/mol. The molecule has 1 aromatic carbocycles. The Hall–Kier alpha value is -1.40. The maximum atomic E-state index is 12.2. The molecule has 1 aliphatic rings. The number of hydrogen-bond acceptors (Lipinski definition) is 4. The van der Waals surface area contributed by atoms with Gasteiger partial charge in [0, 0.05) is 6.42 Å². The fraction of sp³-hybridized carbons (Fsp3) is 0.500. The molecule has 0 radical (unpaired) electrons. The normalized spacial score (nSPS) is 19.2. The number of aliphatic hydroxyl groups excluding tert-OH is 1. The Bertz CT molecular complexity index is 392. The number of alkyl halides is 2. The molecule has 0 aliphatic carbocycles. The highest BCUT2D eigenvalue weighted by Crippen LogP contribution is 2.31. The van der Waals surface area contributed by atoms with Gasteiger partial charge in [-0.2, -0.15) is 8.78 Å². The van der Waals surface area contributed by atoms with Crippen LogP contribution in [-0.4, -0.2) is 31.0 Å². The van der Waals surface area contributed by atoms with Crippen molar-refractivity contribution in [3.05, 3.63) is 23.8 Å². The predicted molar refractivity (Wildman–Crippen MR) is 58.8 cm³/mol. The first-order chi connectivity index (χ1) is 8.69. The van der Waals surface area contributed by atoms with Gasteiger partial charge in [0.25, 0.3) is 0 Å². The molecule has 1 aliphatic heterocycles. The molecule has 1 N–H and O–H groups in total. The van der Waals surface area contributed by atoms with Crippen LogP contribution in [-0.2, 0) is 11.3 Å². The van der Waals surface area contributed by atoms with E-state index in [4.69, 9.17) is 14.6 Å². The minimum atomic E-state index is -2.91. The zero-order valence-corrected chi connectivity index (χ0v) is 9.64. The van der Waals surface area contributed by atoms with Gasteiger partial charge in [-0.05, 0) is 17.7 Å². The lowest BCUT2D eigenvalue weighted by Gasteiger charge is -2.16. The van der Waals surface area contributed by atoms with Gasteiger partial charge in [-0.25, -0.2) is 0 Å². The van der Waals surface area contributed by atoms with Crippen molar-refractivity contribution in [1.29, 1.82) is 0 Å². The third kappa shape index (κ3) is 3.30. The van der Waals surface area contributed by atoms with Gasteiger partial charge in [-0.1, -0.05) is 6.07 Å². The number of rotatable bonds is 5. The first kappa shape index (κ1) is 13.0. The van der Waals surface area contributed by atoms with E-state index >= 15 is 0 Å². The summed E-state index contributed by atoms with van der Waals surface area (Å²) in [5, 5.41) is 9.03. The lowest BCUT2D eigenvalue weighted by molar-refractivity contribution is -0.0521. The summed E-state index contributed by atoms with van der Waals surface area (Å²) in [5.74, 6) is 0.173. The average Bonchev–Trinajstić information content (AvgIpc) is 2.83. The van der Waals surface area contributed by atoms with Gasteiger partial charge in [0.15, 0.2) is 11.5 Å². The van der Waals surface area contributed by atoms with Gasteiger partial charge < -0.3 is 19.3 Å². The van der Waals surface area contributed by atoms with E-state index in [-0.39, 0.29) is 24.2 Å². The lowest BCUT2D eigenvalue weighted by atomic mass is 10.2. The SMILES string of the molecule is OCc1ccc(OC(F)F)c(OC2CCOC2)c1. The molecule has 0 aromatic heterocycles. The molecule has 0 spiro atoms. The molecule has 0 saturated carbocycles. The second kappa shape index (κ2) is 5.97. The Balaban J connectivity index is 2.16. The Labute approximate surface area is 103 Å². The first-order valence-electron chi connectivity index (χ1n) is 5.62. The molecule has 18 heavy (non-hydrogen) atoms. The number of halogens is 2. The summed E-state index contributed by atoms with van der Waals surface area (Å²) in [4.78, 5) is 0. The van der Waals surface area contributed by atoms with Crippen LogP contribution in [0.5, 0.6) is 11.5 Å². The third-order valence-corrected chi connectivity index (χ3v) is 2.59. The molecule has 4 nitrogen and oxygen atoms in total. The quantitative estimate of drug-likeness (QED) is 0.879. The van der Waals surface area contributed by atoms with E-state index < -0.39 is 6.61 Å². The fourth-order valence-corrected chi connectivity index (χ4v) is 1.72. The van der Waals surface area contributed by atoms with E-state index in [1.807, 2.05) is 0 Å². The van der Waals surface area contributed by atoms with Crippen molar-refractivity contribution in [2.24, 2.45) is 0 Å². The summed E-state index contributed by atoms with van der Waals surface area (Å²) in [6.45, 7) is -2.08. The van der Waals surface area contributed by atoms with Crippen molar-refractivity contribution in [2.75, 3.05) is 13.2 Å². The predicted octanol–water partition coefficient (Wildman–Crippen LogP) is 1.95. The van der Waals surface area contributed by atoms with E-state index in [9.17, 15) is 8.78 Å². The molecular formula is C12H14F2O4. The Morgan fingerprint density at radius 1 is 1.39 bits per heavy atom. The highest BCUT2D eigenvalue weighted by Gasteiger charge is 2.20. The molecule has 1 unspecified atom stereocenters. The van der Waals surface area contributed by atoms with E-state index in [0.717, 1.165) is 0 Å². The Kier molecular flexibility index (Phi) is 4.33. The average molecular weight is 260 g/mol. The molecule has 100 valence electrons. The molecule has 1 atom stereocenters. The van der Waals surface area contributed by atoms with Crippen LogP contribution in [0, 0.1) is 0 Å². The summed E-state index contributed by atoms with van der Waals surface area (Å²) >= 11 is 0. The lowest BCUT2D eigenvalue weighted by Crippen LogP contribution is -2.17. The second-order valence-electron chi connectivity index (χ2n) is 3.92. The smallest absolute Gasteiger partial charge is 0.387 e.